The van der Waals surface area contributed by atoms with Gasteiger partial charge in [-0.1, -0.05) is 12.1 Å². The van der Waals surface area contributed by atoms with Crippen molar-refractivity contribution in [2.75, 3.05) is 18.5 Å². The van der Waals surface area contributed by atoms with Gasteiger partial charge in [0, 0.05) is 29.1 Å². The van der Waals surface area contributed by atoms with E-state index >= 15 is 0 Å². The first-order valence-corrected chi connectivity index (χ1v) is 10.2. The summed E-state index contributed by atoms with van der Waals surface area (Å²) in [6.45, 7) is 4.91. The van der Waals surface area contributed by atoms with Gasteiger partial charge in [-0.05, 0) is 38.8 Å². The lowest BCUT2D eigenvalue weighted by Gasteiger charge is -2.41. The van der Waals surface area contributed by atoms with Crippen LogP contribution in [0, 0.1) is 0 Å². The maximum absolute atomic E-state index is 12.9. The fourth-order valence-electron chi connectivity index (χ4n) is 4.67. The standard InChI is InChI=1S/C22H22F2N4O3/c1-3-30-20-18-27-16(22-10-21(2,11-22)31-12-22)9-28(18)8-15(26-20)19(29)25-14-6-4-5-13(7-14)17(23)24/h4-9,17H,3,10-12H2,1-2H3,(H,25,29). The zero-order valence-corrected chi connectivity index (χ0v) is 17.2. The van der Waals surface area contributed by atoms with Crippen LogP contribution in [0.2, 0.25) is 0 Å². The van der Waals surface area contributed by atoms with Crippen molar-refractivity contribution in [2.24, 2.45) is 0 Å². The molecule has 3 fully saturated rings. The number of carbonyl (C=O) groups excluding carboxylic acids is 1. The van der Waals surface area contributed by atoms with Crippen molar-refractivity contribution < 1.29 is 23.0 Å². The van der Waals surface area contributed by atoms with Gasteiger partial charge in [0.1, 0.15) is 5.69 Å². The number of alkyl halides is 2. The fraction of sp³-hybridized carbons (Fsp3) is 0.409. The van der Waals surface area contributed by atoms with Crippen molar-refractivity contribution in [3.8, 4) is 5.88 Å². The van der Waals surface area contributed by atoms with E-state index in [1.54, 1.807) is 16.7 Å². The molecule has 1 amide bonds. The summed E-state index contributed by atoms with van der Waals surface area (Å²) in [5.74, 6) is -0.275. The smallest absolute Gasteiger partial charge is 0.275 e. The Kier molecular flexibility index (Phi) is 4.47. The monoisotopic (exact) mass is 428 g/mol. The Hall–Kier alpha value is -3.07. The second-order valence-electron chi connectivity index (χ2n) is 8.47. The lowest BCUT2D eigenvalue weighted by molar-refractivity contribution is 0.0154. The molecule has 1 saturated carbocycles. The number of carbonyl (C=O) groups is 1. The highest BCUT2D eigenvalue weighted by Crippen LogP contribution is 2.58. The van der Waals surface area contributed by atoms with Gasteiger partial charge in [-0.25, -0.2) is 18.7 Å². The van der Waals surface area contributed by atoms with Gasteiger partial charge < -0.3 is 14.8 Å². The van der Waals surface area contributed by atoms with Gasteiger partial charge in [0.15, 0.2) is 0 Å². The molecule has 6 rings (SSSR count). The molecule has 1 N–H and O–H groups in total. The van der Waals surface area contributed by atoms with Crippen molar-refractivity contribution in [1.82, 2.24) is 14.4 Å². The average Bonchev–Trinajstić information content (AvgIpc) is 3.39. The maximum atomic E-state index is 12.9. The van der Waals surface area contributed by atoms with Gasteiger partial charge in [0.05, 0.1) is 24.5 Å². The molecule has 1 aromatic carbocycles. The summed E-state index contributed by atoms with van der Waals surface area (Å²) in [4.78, 5) is 21.9. The predicted molar refractivity (Wildman–Crippen MR) is 109 cm³/mol. The Morgan fingerprint density at radius 3 is 2.81 bits per heavy atom. The molecule has 9 heteroatoms. The van der Waals surface area contributed by atoms with E-state index in [1.165, 1.54) is 18.2 Å². The number of fused-ring (bicyclic) bond motifs is 2. The number of nitrogens with one attached hydrogen (secondary N) is 1. The number of imidazole rings is 1. The molecule has 0 atom stereocenters. The number of halogens is 2. The third kappa shape index (κ3) is 3.33. The molecule has 2 aliphatic heterocycles. The zero-order valence-electron chi connectivity index (χ0n) is 17.2. The molecule has 0 radical (unpaired) electrons. The largest absolute Gasteiger partial charge is 0.475 e. The van der Waals surface area contributed by atoms with Crippen LogP contribution in [-0.4, -0.2) is 39.1 Å². The highest BCUT2D eigenvalue weighted by molar-refractivity contribution is 6.03. The number of aromatic nitrogens is 3. The van der Waals surface area contributed by atoms with E-state index in [2.05, 4.69) is 17.2 Å². The van der Waals surface area contributed by atoms with Crippen molar-refractivity contribution in [3.63, 3.8) is 0 Å². The van der Waals surface area contributed by atoms with Gasteiger partial charge in [-0.15, -0.1) is 0 Å². The van der Waals surface area contributed by atoms with Gasteiger partial charge >= 0.3 is 0 Å². The molecule has 2 aromatic heterocycles. The van der Waals surface area contributed by atoms with Gasteiger partial charge in [0.2, 0.25) is 5.65 Å². The second kappa shape index (κ2) is 6.98. The third-order valence-corrected chi connectivity index (χ3v) is 5.98. The molecule has 2 bridgehead atoms. The van der Waals surface area contributed by atoms with Crippen molar-refractivity contribution in [2.45, 2.75) is 44.1 Å². The minimum absolute atomic E-state index is 0.0748. The molecule has 31 heavy (non-hydrogen) atoms. The van der Waals surface area contributed by atoms with E-state index in [0.29, 0.717) is 18.9 Å². The van der Waals surface area contributed by atoms with Crippen molar-refractivity contribution in [1.29, 1.82) is 0 Å². The Bertz CT molecular complexity index is 1170. The number of ether oxygens (including phenoxy) is 2. The summed E-state index contributed by atoms with van der Waals surface area (Å²) in [6, 6.07) is 5.57. The first-order valence-electron chi connectivity index (χ1n) is 10.2. The molecular formula is C22H22F2N4O3. The number of rotatable bonds is 6. The maximum Gasteiger partial charge on any atom is 0.275 e. The molecule has 1 aliphatic carbocycles. The normalized spacial score (nSPS) is 24.4. The van der Waals surface area contributed by atoms with Crippen LogP contribution in [0.4, 0.5) is 14.5 Å². The van der Waals surface area contributed by atoms with Crippen LogP contribution in [0.5, 0.6) is 5.88 Å². The third-order valence-electron chi connectivity index (χ3n) is 5.98. The first-order chi connectivity index (χ1) is 14.8. The van der Waals surface area contributed by atoms with E-state index in [-0.39, 0.29) is 33.8 Å². The lowest BCUT2D eigenvalue weighted by Crippen LogP contribution is -2.45. The zero-order chi connectivity index (χ0) is 21.8. The molecule has 162 valence electrons. The number of hydrogen-bond acceptors (Lipinski definition) is 5. The van der Waals surface area contributed by atoms with Crippen LogP contribution in [0.1, 0.15) is 54.9 Å². The number of benzene rings is 1. The summed E-state index contributed by atoms with van der Waals surface area (Å²) < 4.78 is 39.2. The summed E-state index contributed by atoms with van der Waals surface area (Å²) in [6.07, 6.45) is 2.67. The van der Waals surface area contributed by atoms with Crippen LogP contribution < -0.4 is 10.1 Å². The van der Waals surface area contributed by atoms with Crippen LogP contribution in [-0.2, 0) is 10.2 Å². The molecule has 4 heterocycles. The van der Waals surface area contributed by atoms with E-state index in [4.69, 9.17) is 14.5 Å². The summed E-state index contributed by atoms with van der Waals surface area (Å²) >= 11 is 0. The summed E-state index contributed by atoms with van der Waals surface area (Å²) in [5.41, 5.74) is 1.44. The van der Waals surface area contributed by atoms with Crippen molar-refractivity contribution >= 4 is 17.2 Å². The Labute approximate surface area is 177 Å². The fourth-order valence-corrected chi connectivity index (χ4v) is 4.67. The number of anilines is 1. The molecule has 0 spiro atoms. The lowest BCUT2D eigenvalue weighted by atomic mass is 9.62. The second-order valence-corrected chi connectivity index (χ2v) is 8.47. The minimum atomic E-state index is -2.62. The Morgan fingerprint density at radius 2 is 2.13 bits per heavy atom. The molecular weight excluding hydrogens is 406 g/mol. The molecule has 2 saturated heterocycles. The Morgan fingerprint density at radius 1 is 1.32 bits per heavy atom. The predicted octanol–water partition coefficient (Wildman–Crippen LogP) is 4.14. The van der Waals surface area contributed by atoms with E-state index in [0.717, 1.165) is 18.5 Å². The SMILES string of the molecule is CCOc1nc(C(=O)Nc2cccc(C(F)F)c2)cn2cc(C34COC(C)(C3)C4)nc12. The Balaban J connectivity index is 1.47. The van der Waals surface area contributed by atoms with Crippen LogP contribution in [0.15, 0.2) is 36.7 Å². The number of nitrogens with zero attached hydrogens (tertiary/aromatic N) is 3. The first kappa shape index (κ1) is 19.9. The summed E-state index contributed by atoms with van der Waals surface area (Å²) in [7, 11) is 0. The highest BCUT2D eigenvalue weighted by atomic mass is 19.3. The van der Waals surface area contributed by atoms with E-state index in [1.807, 2.05) is 13.1 Å². The van der Waals surface area contributed by atoms with Gasteiger partial charge in [0.25, 0.3) is 18.2 Å². The van der Waals surface area contributed by atoms with Gasteiger partial charge in [-0.3, -0.25) is 9.20 Å². The van der Waals surface area contributed by atoms with Crippen molar-refractivity contribution in [3.05, 3.63) is 53.6 Å². The minimum Gasteiger partial charge on any atom is -0.475 e. The molecule has 7 nitrogen and oxygen atoms in total. The number of amides is 1. The molecule has 3 aliphatic rings. The molecule has 0 unspecified atom stereocenters. The van der Waals surface area contributed by atoms with Crippen LogP contribution >= 0.6 is 0 Å². The van der Waals surface area contributed by atoms with Crippen LogP contribution in [0.3, 0.4) is 0 Å². The number of hydrogen-bond donors (Lipinski definition) is 1. The van der Waals surface area contributed by atoms with E-state index in [9.17, 15) is 13.6 Å². The topological polar surface area (TPSA) is 77.8 Å². The van der Waals surface area contributed by atoms with E-state index < -0.39 is 12.3 Å². The quantitative estimate of drug-likeness (QED) is 0.639. The van der Waals surface area contributed by atoms with Crippen LogP contribution in [0.25, 0.3) is 5.65 Å². The average molecular weight is 428 g/mol. The highest BCUT2D eigenvalue weighted by Gasteiger charge is 2.61. The molecule has 3 aromatic rings. The summed E-state index contributed by atoms with van der Waals surface area (Å²) in [5, 5.41) is 2.63. The van der Waals surface area contributed by atoms with Gasteiger partial charge in [-0.2, -0.15) is 0 Å².